The highest BCUT2D eigenvalue weighted by Crippen LogP contribution is 2.31. The standard InChI is InChI=1S/C19H22Cl2N2O2/c20-16-9-8-13(12-17(16)21)22-18(24)14-6-2-3-7-15(14)19(25)23-10-4-1-5-11-23/h2-3,8-9,12,14-15H,1,4-7,10-11H2,(H,22,24). The molecule has 1 fully saturated rings. The fourth-order valence-electron chi connectivity index (χ4n) is 3.53. The number of rotatable bonds is 3. The maximum atomic E-state index is 12.9. The molecular weight excluding hydrogens is 359 g/mol. The summed E-state index contributed by atoms with van der Waals surface area (Å²) in [5, 5.41) is 3.72. The lowest BCUT2D eigenvalue weighted by molar-refractivity contribution is -0.141. The number of likely N-dealkylation sites (tertiary alicyclic amines) is 1. The number of carbonyl (C=O) groups is 2. The first kappa shape index (κ1) is 18.3. The Morgan fingerprint density at radius 1 is 0.960 bits per heavy atom. The van der Waals surface area contributed by atoms with E-state index in [4.69, 9.17) is 23.2 Å². The number of nitrogens with zero attached hydrogens (tertiary/aromatic N) is 1. The number of amides is 2. The van der Waals surface area contributed by atoms with Crippen LogP contribution in [0.2, 0.25) is 10.0 Å². The van der Waals surface area contributed by atoms with Gasteiger partial charge in [0.25, 0.3) is 0 Å². The van der Waals surface area contributed by atoms with Gasteiger partial charge in [0.05, 0.1) is 21.9 Å². The summed E-state index contributed by atoms with van der Waals surface area (Å²) in [5.74, 6) is -0.670. The van der Waals surface area contributed by atoms with Crippen molar-refractivity contribution in [3.63, 3.8) is 0 Å². The Kier molecular flexibility index (Phi) is 6.02. The second-order valence-corrected chi connectivity index (χ2v) is 7.47. The minimum atomic E-state index is -0.353. The van der Waals surface area contributed by atoms with Crippen LogP contribution in [0.4, 0.5) is 5.69 Å². The van der Waals surface area contributed by atoms with Gasteiger partial charge in [-0.05, 0) is 50.3 Å². The van der Waals surface area contributed by atoms with Gasteiger partial charge in [0.1, 0.15) is 0 Å². The highest BCUT2D eigenvalue weighted by molar-refractivity contribution is 6.42. The maximum Gasteiger partial charge on any atom is 0.228 e. The number of allylic oxidation sites excluding steroid dienone is 2. The molecule has 0 spiro atoms. The van der Waals surface area contributed by atoms with E-state index < -0.39 is 0 Å². The summed E-state index contributed by atoms with van der Waals surface area (Å²) < 4.78 is 0. The van der Waals surface area contributed by atoms with Crippen molar-refractivity contribution in [1.82, 2.24) is 4.90 Å². The summed E-state index contributed by atoms with van der Waals surface area (Å²) >= 11 is 11.9. The van der Waals surface area contributed by atoms with Crippen LogP contribution in [0.1, 0.15) is 32.1 Å². The van der Waals surface area contributed by atoms with Gasteiger partial charge in [-0.1, -0.05) is 35.4 Å². The third-order valence-corrected chi connectivity index (χ3v) is 5.68. The molecule has 1 aromatic carbocycles. The number of piperidine rings is 1. The largest absolute Gasteiger partial charge is 0.342 e. The normalized spacial score (nSPS) is 23.4. The summed E-state index contributed by atoms with van der Waals surface area (Å²) in [6.45, 7) is 1.61. The minimum absolute atomic E-state index is 0.110. The molecule has 1 heterocycles. The van der Waals surface area contributed by atoms with Crippen LogP contribution in [0, 0.1) is 11.8 Å². The number of carbonyl (C=O) groups excluding carboxylic acids is 2. The molecule has 1 aliphatic carbocycles. The van der Waals surface area contributed by atoms with Crippen molar-refractivity contribution < 1.29 is 9.59 Å². The van der Waals surface area contributed by atoms with Crippen molar-refractivity contribution in [1.29, 1.82) is 0 Å². The fourth-order valence-corrected chi connectivity index (χ4v) is 3.83. The molecule has 134 valence electrons. The quantitative estimate of drug-likeness (QED) is 0.783. The van der Waals surface area contributed by atoms with Crippen LogP contribution in [0.5, 0.6) is 0 Å². The number of anilines is 1. The predicted octanol–water partition coefficient (Wildman–Crippen LogP) is 4.53. The van der Waals surface area contributed by atoms with Crippen LogP contribution >= 0.6 is 23.2 Å². The van der Waals surface area contributed by atoms with Crippen LogP contribution in [0.25, 0.3) is 0 Å². The summed E-state index contributed by atoms with van der Waals surface area (Å²) in [4.78, 5) is 27.6. The van der Waals surface area contributed by atoms with E-state index in [0.29, 0.717) is 28.6 Å². The molecule has 0 aromatic heterocycles. The van der Waals surface area contributed by atoms with Crippen molar-refractivity contribution in [3.8, 4) is 0 Å². The van der Waals surface area contributed by atoms with Gasteiger partial charge in [-0.15, -0.1) is 0 Å². The van der Waals surface area contributed by atoms with E-state index in [2.05, 4.69) is 5.32 Å². The molecule has 2 unspecified atom stereocenters. The first-order valence-electron chi connectivity index (χ1n) is 8.76. The van der Waals surface area contributed by atoms with Crippen LogP contribution in [-0.4, -0.2) is 29.8 Å². The topological polar surface area (TPSA) is 49.4 Å². The van der Waals surface area contributed by atoms with Gasteiger partial charge in [-0.3, -0.25) is 9.59 Å². The average Bonchev–Trinajstić information content (AvgIpc) is 2.65. The maximum absolute atomic E-state index is 12.9. The highest BCUT2D eigenvalue weighted by Gasteiger charge is 2.36. The minimum Gasteiger partial charge on any atom is -0.342 e. The molecule has 0 radical (unpaired) electrons. The molecule has 2 amide bonds. The average molecular weight is 381 g/mol. The van der Waals surface area contributed by atoms with Gasteiger partial charge in [0, 0.05) is 18.8 Å². The summed E-state index contributed by atoms with van der Waals surface area (Å²) in [6, 6.07) is 4.99. The predicted molar refractivity (Wildman–Crippen MR) is 101 cm³/mol. The Balaban J connectivity index is 1.71. The molecule has 2 aliphatic rings. The first-order valence-corrected chi connectivity index (χ1v) is 9.51. The molecule has 0 saturated carbocycles. The van der Waals surface area contributed by atoms with Crippen LogP contribution in [-0.2, 0) is 9.59 Å². The second-order valence-electron chi connectivity index (χ2n) is 6.66. The van der Waals surface area contributed by atoms with E-state index in [1.807, 2.05) is 17.1 Å². The van der Waals surface area contributed by atoms with Crippen LogP contribution < -0.4 is 5.32 Å². The number of halogens is 2. The van der Waals surface area contributed by atoms with Crippen molar-refractivity contribution in [2.45, 2.75) is 32.1 Å². The van der Waals surface area contributed by atoms with Crippen LogP contribution in [0.15, 0.2) is 30.4 Å². The molecular formula is C19H22Cl2N2O2. The Bertz CT molecular complexity index is 684. The highest BCUT2D eigenvalue weighted by atomic mass is 35.5. The fraction of sp³-hybridized carbons (Fsp3) is 0.474. The molecule has 4 nitrogen and oxygen atoms in total. The Morgan fingerprint density at radius 3 is 2.32 bits per heavy atom. The SMILES string of the molecule is O=C(Nc1ccc(Cl)c(Cl)c1)C1CC=CCC1C(=O)N1CCCCC1. The van der Waals surface area contributed by atoms with Gasteiger partial charge in [-0.2, -0.15) is 0 Å². The summed E-state index contributed by atoms with van der Waals surface area (Å²) in [7, 11) is 0. The van der Waals surface area contributed by atoms with E-state index in [9.17, 15) is 9.59 Å². The van der Waals surface area contributed by atoms with E-state index in [1.165, 1.54) is 6.42 Å². The monoisotopic (exact) mass is 380 g/mol. The number of hydrogen-bond acceptors (Lipinski definition) is 2. The lowest BCUT2D eigenvalue weighted by Crippen LogP contribution is -2.45. The van der Waals surface area contributed by atoms with E-state index in [-0.39, 0.29) is 23.7 Å². The van der Waals surface area contributed by atoms with E-state index in [0.717, 1.165) is 25.9 Å². The van der Waals surface area contributed by atoms with Crippen molar-refractivity contribution >= 4 is 40.7 Å². The zero-order valence-electron chi connectivity index (χ0n) is 14.0. The molecule has 1 saturated heterocycles. The molecule has 25 heavy (non-hydrogen) atoms. The van der Waals surface area contributed by atoms with Crippen molar-refractivity contribution in [2.75, 3.05) is 18.4 Å². The molecule has 0 bridgehead atoms. The van der Waals surface area contributed by atoms with Gasteiger partial charge in [-0.25, -0.2) is 0 Å². The van der Waals surface area contributed by atoms with Gasteiger partial charge in [0.2, 0.25) is 11.8 Å². The molecule has 6 heteroatoms. The molecule has 1 aromatic rings. The molecule has 2 atom stereocenters. The Labute approximate surface area is 158 Å². The van der Waals surface area contributed by atoms with E-state index in [1.54, 1.807) is 18.2 Å². The van der Waals surface area contributed by atoms with Crippen molar-refractivity contribution in [3.05, 3.63) is 40.4 Å². The zero-order chi connectivity index (χ0) is 17.8. The van der Waals surface area contributed by atoms with Gasteiger partial charge < -0.3 is 10.2 Å². The first-order chi connectivity index (χ1) is 12.1. The zero-order valence-corrected chi connectivity index (χ0v) is 15.5. The third kappa shape index (κ3) is 4.36. The van der Waals surface area contributed by atoms with Crippen LogP contribution in [0.3, 0.4) is 0 Å². The number of benzene rings is 1. The molecule has 3 rings (SSSR count). The third-order valence-electron chi connectivity index (χ3n) is 4.94. The Morgan fingerprint density at radius 2 is 1.64 bits per heavy atom. The lowest BCUT2D eigenvalue weighted by atomic mass is 9.81. The van der Waals surface area contributed by atoms with E-state index >= 15 is 0 Å². The smallest absolute Gasteiger partial charge is 0.228 e. The van der Waals surface area contributed by atoms with Crippen molar-refractivity contribution in [2.24, 2.45) is 11.8 Å². The molecule has 1 N–H and O–H groups in total. The number of nitrogens with one attached hydrogen (secondary N) is 1. The second kappa shape index (κ2) is 8.24. The lowest BCUT2D eigenvalue weighted by Gasteiger charge is -2.34. The summed E-state index contributed by atoms with van der Waals surface area (Å²) in [6.07, 6.45) is 8.47. The van der Waals surface area contributed by atoms with Gasteiger partial charge >= 0.3 is 0 Å². The Hall–Kier alpha value is -1.52. The number of hydrogen-bond donors (Lipinski definition) is 1. The van der Waals surface area contributed by atoms with Gasteiger partial charge in [0.15, 0.2) is 0 Å². The summed E-state index contributed by atoms with van der Waals surface area (Å²) in [5.41, 5.74) is 0.595. The molecule has 1 aliphatic heterocycles.